The van der Waals surface area contributed by atoms with Gasteiger partial charge in [0, 0.05) is 336 Å². The zero-order valence-corrected chi connectivity index (χ0v) is 59.2. The summed E-state index contributed by atoms with van der Waals surface area (Å²) in [5.74, 6) is 0. The van der Waals surface area contributed by atoms with E-state index in [0.717, 1.165) is 0 Å². The van der Waals surface area contributed by atoms with E-state index >= 15 is 0 Å². The van der Waals surface area contributed by atoms with Gasteiger partial charge in [0.05, 0.1) is 0 Å². The van der Waals surface area contributed by atoms with Gasteiger partial charge in [-0.25, -0.2) is 0 Å². The molecule has 0 aliphatic heterocycles. The van der Waals surface area contributed by atoms with Gasteiger partial charge in [-0.05, 0) is 0 Å². The summed E-state index contributed by atoms with van der Waals surface area (Å²) in [7, 11) is 0. The molecule has 0 spiro atoms. The van der Waals surface area contributed by atoms with Gasteiger partial charge in [0.25, 0.3) is 0 Å². The van der Waals surface area contributed by atoms with Gasteiger partial charge in [0.15, 0.2) is 0 Å². The minimum absolute atomic E-state index is 0. The summed E-state index contributed by atoms with van der Waals surface area (Å²) in [5.41, 5.74) is 0. The van der Waals surface area contributed by atoms with Crippen molar-refractivity contribution in [2.24, 2.45) is 0 Å². The zero-order valence-electron chi connectivity index (χ0n) is 15.9. The fourth-order valence-electron chi connectivity index (χ4n) is 0. The molecule has 20 nitrogen and oxygen atoms in total. The Hall–Kier alpha value is 10.5. The predicted octanol–water partition coefficient (Wildman–Crippen LogP) is -21.1. The maximum atomic E-state index is 0. The first-order chi connectivity index (χ1) is 0. The molecule has 0 aliphatic carbocycles. The van der Waals surface area contributed by atoms with Gasteiger partial charge in [0.2, 0.25) is 0 Å². The van der Waals surface area contributed by atoms with Crippen LogP contribution in [0.1, 0.15) is 0 Å². The van der Waals surface area contributed by atoms with E-state index in [-0.39, 0.29) is 446 Å². The standard InChI is InChI=1S/12Bi.20H2O.Ti/h;;;;;;;;;;;;20*1H2;. The first-order valence-electron chi connectivity index (χ1n) is 0. The molecule has 0 amide bonds. The minimum Gasteiger partial charge on any atom is -0.412 e. The van der Waals surface area contributed by atoms with Crippen LogP contribution in [0.15, 0.2) is 0 Å². The van der Waals surface area contributed by atoms with Crippen molar-refractivity contribution in [3.63, 3.8) is 0 Å². The average molecular weight is 2920 g/mol. The molecule has 0 heterocycles. The molecule has 0 fully saturated rings. The quantitative estimate of drug-likeness (QED) is 0.204. The van der Waals surface area contributed by atoms with Gasteiger partial charge in [-0.2, -0.15) is 0 Å². The summed E-state index contributed by atoms with van der Waals surface area (Å²) < 4.78 is 0. The zero-order chi connectivity index (χ0) is 0. The molecular weight excluding hydrogens is 2880 g/mol. The molecule has 36 radical (unpaired) electrons. The van der Waals surface area contributed by atoms with Crippen molar-refractivity contribution in [1.82, 2.24) is 0 Å². The monoisotopic (exact) mass is 2920 g/mol. The van der Waals surface area contributed by atoms with Crippen molar-refractivity contribution >= 4 is 314 Å². The Morgan fingerprint density at radius 1 is 0.0909 bits per heavy atom. The van der Waals surface area contributed by atoms with Gasteiger partial charge in [0.1, 0.15) is 0 Å². The Morgan fingerprint density at radius 3 is 0.0909 bits per heavy atom. The third-order valence-corrected chi connectivity index (χ3v) is 0. The van der Waals surface area contributed by atoms with Gasteiger partial charge in [-0.3, -0.25) is 0 Å². The van der Waals surface area contributed by atoms with Crippen molar-refractivity contribution in [1.29, 1.82) is 0 Å². The predicted molar refractivity (Wildman–Crippen MR) is 141 cm³/mol. The van der Waals surface area contributed by atoms with Gasteiger partial charge < -0.3 is 110 Å². The molecular formula is H40Bi12O20Ti. The van der Waals surface area contributed by atoms with Crippen LogP contribution in [0.5, 0.6) is 0 Å². The molecule has 0 unspecified atom stereocenters. The molecule has 0 saturated carbocycles. The number of rotatable bonds is 0. The van der Waals surface area contributed by atoms with Crippen LogP contribution in [0.4, 0.5) is 0 Å². The molecule has 0 aliphatic rings. The fourth-order valence-corrected chi connectivity index (χ4v) is 0. The molecule has 0 aromatic heterocycles. The van der Waals surface area contributed by atoms with Crippen LogP contribution < -0.4 is 0 Å². The molecule has 0 saturated heterocycles. The van der Waals surface area contributed by atoms with E-state index in [0.29, 0.717) is 0 Å². The summed E-state index contributed by atoms with van der Waals surface area (Å²) in [6.45, 7) is 0. The Kier molecular flexibility index (Phi) is 14300. The van der Waals surface area contributed by atoms with E-state index in [2.05, 4.69) is 0 Å². The molecule has 0 rings (SSSR count). The molecule has 0 atom stereocenters. The molecule has 0 aromatic carbocycles. The van der Waals surface area contributed by atoms with E-state index in [4.69, 9.17) is 0 Å². The largest absolute Gasteiger partial charge is 0.412 e. The normalized spacial score (nSPS) is 0. The molecule has 224 valence electrons. The first-order valence-corrected chi connectivity index (χ1v) is 0. The van der Waals surface area contributed by atoms with Gasteiger partial charge in [-0.1, -0.05) is 0 Å². The van der Waals surface area contributed by atoms with E-state index < -0.39 is 0 Å². The summed E-state index contributed by atoms with van der Waals surface area (Å²) in [4.78, 5) is 0. The maximum Gasteiger partial charge on any atom is 0 e. The summed E-state index contributed by atoms with van der Waals surface area (Å²) in [6, 6.07) is 0. The van der Waals surface area contributed by atoms with Crippen LogP contribution in [0.25, 0.3) is 0 Å². The Morgan fingerprint density at radius 2 is 0.0909 bits per heavy atom. The third-order valence-electron chi connectivity index (χ3n) is 0. The van der Waals surface area contributed by atoms with E-state index in [9.17, 15) is 0 Å². The van der Waals surface area contributed by atoms with Crippen LogP contribution in [0, 0.1) is 0 Å². The minimum atomic E-state index is 0. The topological polar surface area (TPSA) is 630 Å². The van der Waals surface area contributed by atoms with Crippen molar-refractivity contribution in [2.45, 2.75) is 0 Å². The van der Waals surface area contributed by atoms with Crippen LogP contribution in [0.3, 0.4) is 0 Å². The van der Waals surface area contributed by atoms with E-state index in [1.165, 1.54) is 0 Å². The number of hydrogen-bond acceptors (Lipinski definition) is 0. The number of hydrogen-bond donors (Lipinski definition) is 0. The maximum absolute atomic E-state index is 0. The smallest absolute Gasteiger partial charge is 0 e. The van der Waals surface area contributed by atoms with Gasteiger partial charge in [-0.15, -0.1) is 0 Å². The van der Waals surface area contributed by atoms with Crippen molar-refractivity contribution in [2.75, 3.05) is 0 Å². The van der Waals surface area contributed by atoms with E-state index in [1.54, 1.807) is 0 Å². The van der Waals surface area contributed by atoms with Crippen molar-refractivity contribution < 1.29 is 131 Å². The molecule has 33 heteroatoms. The molecule has 33 heavy (non-hydrogen) atoms. The Bertz CT molecular complexity index is 37.0. The van der Waals surface area contributed by atoms with Crippen LogP contribution in [-0.4, -0.2) is 424 Å². The molecule has 0 aromatic rings. The second-order valence-corrected chi connectivity index (χ2v) is 0. The first kappa shape index (κ1) is 712. The second kappa shape index (κ2) is 663. The van der Waals surface area contributed by atoms with Gasteiger partial charge >= 0.3 is 0 Å². The Labute approximate surface area is 435 Å². The fraction of sp³-hybridized carbons (Fsp3) is 0. The Balaban J connectivity index is 0. The van der Waals surface area contributed by atoms with Crippen molar-refractivity contribution in [3.05, 3.63) is 0 Å². The summed E-state index contributed by atoms with van der Waals surface area (Å²) in [5, 5.41) is 0. The summed E-state index contributed by atoms with van der Waals surface area (Å²) >= 11 is 0. The van der Waals surface area contributed by atoms with Crippen LogP contribution in [0.2, 0.25) is 0 Å². The second-order valence-electron chi connectivity index (χ2n) is 0. The van der Waals surface area contributed by atoms with E-state index in [1.807, 2.05) is 0 Å². The molecule has 40 N–H and O–H groups in total. The van der Waals surface area contributed by atoms with Crippen molar-refractivity contribution in [3.8, 4) is 0 Å². The summed E-state index contributed by atoms with van der Waals surface area (Å²) in [6.07, 6.45) is 0. The average Bonchev–Trinajstić information content (AvgIpc) is 0. The third kappa shape index (κ3) is 631. The molecule has 0 bridgehead atoms. The van der Waals surface area contributed by atoms with Crippen LogP contribution >= 0.6 is 0 Å². The van der Waals surface area contributed by atoms with Crippen LogP contribution in [-0.2, 0) is 21.7 Å². The SMILES string of the molecule is O.O.O.O.O.O.O.O.O.O.O.O.O.O.O.O.O.O.O.O.[Bi].[Bi].[Bi].[Bi].[Bi].[Bi].[Bi].[Bi].[Bi].[Bi].[Bi].[Bi].[Ti].